The van der Waals surface area contributed by atoms with Gasteiger partial charge in [0.25, 0.3) is 0 Å². The molecule has 1 saturated heterocycles. The van der Waals surface area contributed by atoms with Gasteiger partial charge in [-0.25, -0.2) is 0 Å². The molecule has 2 aromatic rings. The smallest absolute Gasteiger partial charge is 0.325 e. The van der Waals surface area contributed by atoms with Crippen LogP contribution in [0.15, 0.2) is 42.9 Å². The summed E-state index contributed by atoms with van der Waals surface area (Å²) < 4.78 is 7.07. The first kappa shape index (κ1) is 16.4. The van der Waals surface area contributed by atoms with E-state index < -0.39 is 0 Å². The number of hydrogen-bond donors (Lipinski definition) is 1. The van der Waals surface area contributed by atoms with E-state index in [0.29, 0.717) is 11.7 Å². The van der Waals surface area contributed by atoms with Crippen molar-refractivity contribution < 1.29 is 9.53 Å². The summed E-state index contributed by atoms with van der Waals surface area (Å²) in [5.74, 6) is -0.288. The summed E-state index contributed by atoms with van der Waals surface area (Å²) in [5, 5.41) is 3.84. The number of rotatable bonds is 5. The van der Waals surface area contributed by atoms with E-state index in [4.69, 9.17) is 17.0 Å². The van der Waals surface area contributed by atoms with Crippen molar-refractivity contribution in [1.29, 1.82) is 0 Å². The Labute approximate surface area is 146 Å². The Balaban J connectivity index is 1.95. The minimum Gasteiger partial charge on any atom is -0.465 e. The molecule has 0 unspecified atom stereocenters. The van der Waals surface area contributed by atoms with Crippen LogP contribution in [-0.2, 0) is 16.6 Å². The van der Waals surface area contributed by atoms with Crippen molar-refractivity contribution in [2.24, 2.45) is 7.05 Å². The summed E-state index contributed by atoms with van der Waals surface area (Å²) in [6.45, 7) is 2.26. The Morgan fingerprint density at radius 1 is 1.42 bits per heavy atom. The van der Waals surface area contributed by atoms with Crippen molar-refractivity contribution in [1.82, 2.24) is 19.8 Å². The Hall–Kier alpha value is -2.41. The van der Waals surface area contributed by atoms with Crippen LogP contribution in [0.3, 0.4) is 0 Å². The Morgan fingerprint density at radius 3 is 2.88 bits per heavy atom. The highest BCUT2D eigenvalue weighted by atomic mass is 32.1. The zero-order chi connectivity index (χ0) is 17.1. The van der Waals surface area contributed by atoms with Crippen LogP contribution in [0.5, 0.6) is 0 Å². The number of ether oxygens (including phenoxy) is 1. The van der Waals surface area contributed by atoms with Gasteiger partial charge in [0.2, 0.25) is 0 Å². The van der Waals surface area contributed by atoms with Crippen LogP contribution in [0, 0.1) is 0 Å². The molecule has 1 aliphatic rings. The second kappa shape index (κ2) is 7.00. The fraction of sp³-hybridized carbons (Fsp3) is 0.353. The molecule has 3 heterocycles. The molecule has 0 aliphatic carbocycles. The molecular formula is C17H20N4O2S. The van der Waals surface area contributed by atoms with Crippen LogP contribution in [-0.4, -0.2) is 38.7 Å². The number of esters is 1. The quantitative estimate of drug-likeness (QED) is 0.661. The molecule has 126 valence electrons. The summed E-state index contributed by atoms with van der Waals surface area (Å²) >= 11 is 5.48. The summed E-state index contributed by atoms with van der Waals surface area (Å²) in [6, 6.07) is 7.60. The van der Waals surface area contributed by atoms with Crippen molar-refractivity contribution in [2.45, 2.75) is 19.0 Å². The number of nitrogens with zero attached hydrogens (tertiary/aromatic N) is 3. The van der Waals surface area contributed by atoms with Crippen molar-refractivity contribution in [3.8, 4) is 0 Å². The highest BCUT2D eigenvalue weighted by Gasteiger charge is 2.41. The van der Waals surface area contributed by atoms with Gasteiger partial charge >= 0.3 is 5.97 Å². The van der Waals surface area contributed by atoms with E-state index in [-0.39, 0.29) is 24.6 Å². The van der Waals surface area contributed by atoms with E-state index in [1.807, 2.05) is 53.2 Å². The average Bonchev–Trinajstić information content (AvgIpc) is 3.13. The molecule has 0 aromatic carbocycles. The monoisotopic (exact) mass is 344 g/mol. The number of thiocarbonyl (C=S) groups is 1. The highest BCUT2D eigenvalue weighted by molar-refractivity contribution is 7.80. The van der Waals surface area contributed by atoms with Crippen molar-refractivity contribution >= 4 is 23.3 Å². The normalized spacial score (nSPS) is 20.1. The number of hydrogen-bond acceptors (Lipinski definition) is 4. The maximum atomic E-state index is 12.0. The van der Waals surface area contributed by atoms with Crippen molar-refractivity contribution in [3.63, 3.8) is 0 Å². The Morgan fingerprint density at radius 2 is 2.25 bits per heavy atom. The van der Waals surface area contributed by atoms with E-state index in [9.17, 15) is 4.79 Å². The molecule has 0 spiro atoms. The van der Waals surface area contributed by atoms with Gasteiger partial charge in [0.15, 0.2) is 5.11 Å². The number of aryl methyl sites for hydroxylation is 1. The third kappa shape index (κ3) is 3.26. The van der Waals surface area contributed by atoms with Crippen LogP contribution in [0.25, 0.3) is 0 Å². The molecular weight excluding hydrogens is 324 g/mol. The number of carbonyl (C=O) groups excluding carboxylic acids is 1. The summed E-state index contributed by atoms with van der Waals surface area (Å²) in [4.78, 5) is 18.3. The summed E-state index contributed by atoms with van der Waals surface area (Å²) in [5.41, 5.74) is 1.96. The number of aromatic nitrogens is 2. The first-order chi connectivity index (χ1) is 11.6. The largest absolute Gasteiger partial charge is 0.465 e. The molecule has 6 nitrogen and oxygen atoms in total. The van der Waals surface area contributed by atoms with Crippen LogP contribution in [0.4, 0.5) is 0 Å². The van der Waals surface area contributed by atoms with E-state index >= 15 is 0 Å². The van der Waals surface area contributed by atoms with Crippen LogP contribution in [0.2, 0.25) is 0 Å². The van der Waals surface area contributed by atoms with Gasteiger partial charge in [-0.1, -0.05) is 6.07 Å². The van der Waals surface area contributed by atoms with Crippen LogP contribution in [0.1, 0.15) is 30.3 Å². The number of carbonyl (C=O) groups is 1. The van der Waals surface area contributed by atoms with Gasteiger partial charge in [0, 0.05) is 25.6 Å². The first-order valence-corrected chi connectivity index (χ1v) is 8.26. The third-order valence-corrected chi connectivity index (χ3v) is 4.35. The molecule has 1 aliphatic heterocycles. The summed E-state index contributed by atoms with van der Waals surface area (Å²) in [7, 11) is 1.97. The van der Waals surface area contributed by atoms with Crippen molar-refractivity contribution in [3.05, 3.63) is 54.1 Å². The zero-order valence-electron chi connectivity index (χ0n) is 13.7. The van der Waals surface area contributed by atoms with Gasteiger partial charge in [-0.05, 0) is 42.9 Å². The van der Waals surface area contributed by atoms with E-state index in [0.717, 1.165) is 11.3 Å². The molecule has 0 radical (unpaired) electrons. The number of pyridine rings is 1. The second-order valence-electron chi connectivity index (χ2n) is 5.67. The lowest BCUT2D eigenvalue weighted by Gasteiger charge is -2.26. The second-order valence-corrected chi connectivity index (χ2v) is 6.06. The predicted molar refractivity (Wildman–Crippen MR) is 94.2 cm³/mol. The molecule has 0 amide bonds. The van der Waals surface area contributed by atoms with Gasteiger partial charge in [0.05, 0.1) is 24.4 Å². The summed E-state index contributed by atoms with van der Waals surface area (Å²) in [6.07, 6.45) is 5.78. The molecule has 3 rings (SSSR count). The Kier molecular flexibility index (Phi) is 4.80. The van der Waals surface area contributed by atoms with Gasteiger partial charge in [0.1, 0.15) is 6.54 Å². The van der Waals surface area contributed by atoms with Gasteiger partial charge < -0.3 is 19.5 Å². The predicted octanol–water partition coefficient (Wildman–Crippen LogP) is 1.96. The topological polar surface area (TPSA) is 59.4 Å². The lowest BCUT2D eigenvalue weighted by Crippen LogP contribution is -2.35. The zero-order valence-corrected chi connectivity index (χ0v) is 14.5. The molecule has 7 heteroatoms. The molecule has 2 aromatic heterocycles. The molecule has 0 saturated carbocycles. The third-order valence-electron chi connectivity index (χ3n) is 4.00. The fourth-order valence-corrected chi connectivity index (χ4v) is 3.29. The molecule has 1 N–H and O–H groups in total. The highest BCUT2D eigenvalue weighted by Crippen LogP contribution is 2.38. The lowest BCUT2D eigenvalue weighted by molar-refractivity contribution is -0.143. The minimum absolute atomic E-state index is 0.113. The minimum atomic E-state index is -0.288. The lowest BCUT2D eigenvalue weighted by atomic mass is 9.99. The maximum absolute atomic E-state index is 12.0. The molecule has 2 atom stereocenters. The van der Waals surface area contributed by atoms with Gasteiger partial charge in [-0.2, -0.15) is 0 Å². The van der Waals surface area contributed by atoms with E-state index in [1.54, 1.807) is 13.1 Å². The Bertz CT molecular complexity index is 731. The van der Waals surface area contributed by atoms with Crippen LogP contribution >= 0.6 is 12.2 Å². The fourth-order valence-electron chi connectivity index (χ4n) is 2.98. The molecule has 0 bridgehead atoms. The molecule has 24 heavy (non-hydrogen) atoms. The van der Waals surface area contributed by atoms with Crippen molar-refractivity contribution in [2.75, 3.05) is 13.2 Å². The first-order valence-electron chi connectivity index (χ1n) is 7.85. The average molecular weight is 344 g/mol. The standard InChI is InChI=1S/C17H20N4O2S/c1-3-23-14(22)11-21-16(12-7-9-20(2)10-12)15(19-17(21)24)13-6-4-5-8-18-13/h4-10,15-16H,3,11H2,1-2H3,(H,19,24)/t15-,16+/m0/s1. The number of nitrogens with one attached hydrogen (secondary N) is 1. The SMILES string of the molecule is CCOC(=O)CN1C(=S)N[C@@H](c2ccccn2)[C@H]1c1ccn(C)c1. The van der Waals surface area contributed by atoms with E-state index in [1.165, 1.54) is 0 Å². The van der Waals surface area contributed by atoms with Crippen LogP contribution < -0.4 is 5.32 Å². The molecule has 1 fully saturated rings. The van der Waals surface area contributed by atoms with Gasteiger partial charge in [-0.15, -0.1) is 0 Å². The maximum Gasteiger partial charge on any atom is 0.325 e. The van der Waals surface area contributed by atoms with E-state index in [2.05, 4.69) is 10.3 Å². The van der Waals surface area contributed by atoms with Gasteiger partial charge in [-0.3, -0.25) is 9.78 Å².